The monoisotopic (exact) mass is 373 g/mol. The normalized spacial score (nSPS) is 21.1. The maximum absolute atomic E-state index is 13.0. The molecule has 0 aromatic heterocycles. The van der Waals surface area contributed by atoms with Crippen molar-refractivity contribution in [2.45, 2.75) is 63.9 Å². The Bertz CT molecular complexity index is 656. The van der Waals surface area contributed by atoms with E-state index in [2.05, 4.69) is 5.32 Å². The molecule has 1 saturated heterocycles. The molecule has 1 aromatic rings. The highest BCUT2D eigenvalue weighted by atomic mass is 16.4. The number of benzene rings is 1. The molecule has 5 heteroatoms. The third kappa shape index (κ3) is 5.17. The SMILES string of the molecule is O=C(O)CCCC(O)c1cccc(C(=O)C2CCC3(CCNCC3)CC2)c1. The van der Waals surface area contributed by atoms with E-state index in [-0.39, 0.29) is 18.1 Å². The zero-order valence-electron chi connectivity index (χ0n) is 16.0. The van der Waals surface area contributed by atoms with Crippen LogP contribution in [-0.4, -0.2) is 35.1 Å². The van der Waals surface area contributed by atoms with E-state index in [9.17, 15) is 14.7 Å². The number of carbonyl (C=O) groups excluding carboxylic acids is 1. The number of carboxylic acids is 1. The van der Waals surface area contributed by atoms with Crippen molar-refractivity contribution < 1.29 is 19.8 Å². The highest BCUT2D eigenvalue weighted by Gasteiger charge is 2.38. The Kier molecular flexibility index (Phi) is 6.66. The van der Waals surface area contributed by atoms with Crippen LogP contribution in [0, 0.1) is 11.3 Å². The fourth-order valence-electron chi connectivity index (χ4n) is 4.70. The van der Waals surface area contributed by atoms with Crippen LogP contribution in [0.5, 0.6) is 0 Å². The van der Waals surface area contributed by atoms with Gasteiger partial charge in [0.05, 0.1) is 6.10 Å². The number of aliphatic carboxylic acids is 1. The topological polar surface area (TPSA) is 86.6 Å². The molecule has 1 aliphatic carbocycles. The van der Waals surface area contributed by atoms with Gasteiger partial charge in [-0.3, -0.25) is 9.59 Å². The quantitative estimate of drug-likeness (QED) is 0.634. The van der Waals surface area contributed by atoms with E-state index in [1.165, 1.54) is 12.8 Å². The lowest BCUT2D eigenvalue weighted by molar-refractivity contribution is -0.137. The van der Waals surface area contributed by atoms with Crippen molar-refractivity contribution in [2.24, 2.45) is 11.3 Å². The van der Waals surface area contributed by atoms with Crippen molar-refractivity contribution in [2.75, 3.05) is 13.1 Å². The van der Waals surface area contributed by atoms with Crippen molar-refractivity contribution in [3.63, 3.8) is 0 Å². The van der Waals surface area contributed by atoms with Crippen molar-refractivity contribution in [3.05, 3.63) is 35.4 Å². The third-order valence-corrected chi connectivity index (χ3v) is 6.51. The van der Waals surface area contributed by atoms with Gasteiger partial charge in [-0.05, 0) is 81.5 Å². The second-order valence-electron chi connectivity index (χ2n) is 8.32. The van der Waals surface area contributed by atoms with Crippen molar-refractivity contribution >= 4 is 11.8 Å². The molecule has 1 heterocycles. The van der Waals surface area contributed by atoms with Crippen LogP contribution < -0.4 is 5.32 Å². The van der Waals surface area contributed by atoms with Gasteiger partial charge in [0, 0.05) is 17.9 Å². The van der Waals surface area contributed by atoms with E-state index in [1.54, 1.807) is 6.07 Å². The summed E-state index contributed by atoms with van der Waals surface area (Å²) in [5.41, 5.74) is 1.83. The van der Waals surface area contributed by atoms with E-state index in [0.29, 0.717) is 29.4 Å². The van der Waals surface area contributed by atoms with Crippen molar-refractivity contribution in [1.82, 2.24) is 5.32 Å². The Labute approximate surface area is 161 Å². The summed E-state index contributed by atoms with van der Waals surface area (Å²) in [6.45, 7) is 2.20. The molecule has 3 N–H and O–H groups in total. The van der Waals surface area contributed by atoms with E-state index in [0.717, 1.165) is 38.8 Å². The average Bonchev–Trinajstić information content (AvgIpc) is 2.68. The Morgan fingerprint density at radius 1 is 1.15 bits per heavy atom. The predicted molar refractivity (Wildman–Crippen MR) is 104 cm³/mol. The number of ketones is 1. The summed E-state index contributed by atoms with van der Waals surface area (Å²) < 4.78 is 0. The third-order valence-electron chi connectivity index (χ3n) is 6.51. The smallest absolute Gasteiger partial charge is 0.303 e. The van der Waals surface area contributed by atoms with Gasteiger partial charge in [-0.1, -0.05) is 18.2 Å². The fraction of sp³-hybridized carbons (Fsp3) is 0.636. The minimum atomic E-state index is -0.852. The van der Waals surface area contributed by atoms with Gasteiger partial charge in [0.25, 0.3) is 0 Å². The largest absolute Gasteiger partial charge is 0.481 e. The second-order valence-corrected chi connectivity index (χ2v) is 8.32. The standard InChI is InChI=1S/C22H31NO4/c24-19(5-2-6-20(25)26)17-3-1-4-18(15-17)21(27)16-7-9-22(10-8-16)11-13-23-14-12-22/h1,3-4,15-16,19,23-24H,2,5-14H2,(H,25,26). The number of piperidine rings is 1. The van der Waals surface area contributed by atoms with E-state index >= 15 is 0 Å². The summed E-state index contributed by atoms with van der Waals surface area (Å²) in [6, 6.07) is 7.26. The maximum Gasteiger partial charge on any atom is 0.303 e. The predicted octanol–water partition coefficient (Wildman–Crippen LogP) is 3.72. The van der Waals surface area contributed by atoms with Gasteiger partial charge in [-0.2, -0.15) is 0 Å². The number of hydrogen-bond acceptors (Lipinski definition) is 4. The molecule has 5 nitrogen and oxygen atoms in total. The van der Waals surface area contributed by atoms with Crippen LogP contribution in [0.25, 0.3) is 0 Å². The highest BCUT2D eigenvalue weighted by Crippen LogP contribution is 2.45. The molecule has 3 rings (SSSR count). The van der Waals surface area contributed by atoms with Gasteiger partial charge in [0.2, 0.25) is 0 Å². The Hall–Kier alpha value is -1.72. The van der Waals surface area contributed by atoms with Crippen molar-refractivity contribution in [3.8, 4) is 0 Å². The molecule has 1 spiro atoms. The van der Waals surface area contributed by atoms with E-state index in [4.69, 9.17) is 5.11 Å². The molecular formula is C22H31NO4. The summed E-state index contributed by atoms with van der Waals surface area (Å²) in [6.07, 6.45) is 6.81. The number of carboxylic acid groups (broad SMARTS) is 1. The van der Waals surface area contributed by atoms with Crippen LogP contribution >= 0.6 is 0 Å². The lowest BCUT2D eigenvalue weighted by atomic mass is 9.65. The van der Waals surface area contributed by atoms with Gasteiger partial charge >= 0.3 is 5.97 Å². The average molecular weight is 373 g/mol. The summed E-state index contributed by atoms with van der Waals surface area (Å²) >= 11 is 0. The summed E-state index contributed by atoms with van der Waals surface area (Å²) in [5, 5.41) is 22.5. The summed E-state index contributed by atoms with van der Waals surface area (Å²) in [5.74, 6) is -0.571. The molecule has 1 atom stereocenters. The molecule has 1 unspecified atom stereocenters. The molecule has 148 valence electrons. The van der Waals surface area contributed by atoms with Crippen LogP contribution in [0.1, 0.15) is 79.8 Å². The number of Topliss-reactive ketones (excluding diaryl/α,β-unsaturated/α-hetero) is 1. The van der Waals surface area contributed by atoms with Crippen molar-refractivity contribution in [1.29, 1.82) is 0 Å². The van der Waals surface area contributed by atoms with Gasteiger partial charge in [0.1, 0.15) is 0 Å². The van der Waals surface area contributed by atoms with E-state index in [1.807, 2.05) is 18.2 Å². The molecular weight excluding hydrogens is 342 g/mol. The second kappa shape index (κ2) is 8.98. The number of aliphatic hydroxyl groups excluding tert-OH is 1. The maximum atomic E-state index is 13.0. The zero-order valence-corrected chi connectivity index (χ0v) is 16.0. The van der Waals surface area contributed by atoms with Crippen LogP contribution in [0.15, 0.2) is 24.3 Å². The first-order valence-electron chi connectivity index (χ1n) is 10.2. The van der Waals surface area contributed by atoms with E-state index < -0.39 is 12.1 Å². The first-order chi connectivity index (χ1) is 13.0. The highest BCUT2D eigenvalue weighted by molar-refractivity contribution is 5.98. The fourth-order valence-corrected chi connectivity index (χ4v) is 4.70. The minimum Gasteiger partial charge on any atom is -0.481 e. The number of hydrogen-bond donors (Lipinski definition) is 3. The molecule has 0 radical (unpaired) electrons. The minimum absolute atomic E-state index is 0.0506. The van der Waals surface area contributed by atoms with Crippen LogP contribution in [0.2, 0.25) is 0 Å². The van der Waals surface area contributed by atoms with Gasteiger partial charge in [-0.15, -0.1) is 0 Å². The Balaban J connectivity index is 1.58. The molecule has 2 fully saturated rings. The molecule has 0 bridgehead atoms. The number of aliphatic hydroxyl groups is 1. The molecule has 1 aliphatic heterocycles. The zero-order chi connectivity index (χ0) is 19.3. The van der Waals surface area contributed by atoms with Gasteiger partial charge < -0.3 is 15.5 Å². The van der Waals surface area contributed by atoms with Crippen LogP contribution in [-0.2, 0) is 4.79 Å². The first-order valence-corrected chi connectivity index (χ1v) is 10.2. The van der Waals surface area contributed by atoms with Crippen LogP contribution in [0.4, 0.5) is 0 Å². The summed E-state index contributed by atoms with van der Waals surface area (Å²) in [4.78, 5) is 23.6. The van der Waals surface area contributed by atoms with Crippen LogP contribution in [0.3, 0.4) is 0 Å². The molecule has 1 saturated carbocycles. The Morgan fingerprint density at radius 3 is 2.52 bits per heavy atom. The lowest BCUT2D eigenvalue weighted by Crippen LogP contribution is -2.40. The summed E-state index contributed by atoms with van der Waals surface area (Å²) in [7, 11) is 0. The van der Waals surface area contributed by atoms with Gasteiger partial charge in [-0.25, -0.2) is 0 Å². The molecule has 1 aromatic carbocycles. The number of nitrogens with one attached hydrogen (secondary N) is 1. The van der Waals surface area contributed by atoms with Gasteiger partial charge in [0.15, 0.2) is 5.78 Å². The Morgan fingerprint density at radius 2 is 1.85 bits per heavy atom. The number of carbonyl (C=O) groups is 2. The number of rotatable bonds is 7. The molecule has 2 aliphatic rings. The molecule has 0 amide bonds. The molecule has 27 heavy (non-hydrogen) atoms. The first kappa shape index (κ1) is 20.0. The lowest BCUT2D eigenvalue weighted by Gasteiger charge is -2.42.